The molecule has 0 spiro atoms. The van der Waals surface area contributed by atoms with Crippen molar-refractivity contribution in [1.82, 2.24) is 0 Å². The van der Waals surface area contributed by atoms with Gasteiger partial charge in [-0.05, 0) is 53.7 Å². The van der Waals surface area contributed by atoms with Crippen molar-refractivity contribution < 1.29 is 18.0 Å². The molecular weight excluding hydrogens is 413 g/mol. The van der Waals surface area contributed by atoms with Gasteiger partial charge in [0.1, 0.15) is 20.2 Å². The van der Waals surface area contributed by atoms with Crippen molar-refractivity contribution in [3.8, 4) is 5.75 Å². The van der Waals surface area contributed by atoms with E-state index in [1.165, 1.54) is 0 Å². The number of ether oxygens (including phenoxy) is 1. The first-order valence-corrected chi connectivity index (χ1v) is 15.2. The van der Waals surface area contributed by atoms with Gasteiger partial charge in [0, 0.05) is 0 Å². The summed E-state index contributed by atoms with van der Waals surface area (Å²) >= 11 is 0. The Hall–Kier alpha value is -1.77. The van der Waals surface area contributed by atoms with Crippen LogP contribution in [0.15, 0.2) is 48.5 Å². The lowest BCUT2D eigenvalue weighted by atomic mass is 9.80. The number of sulfonamides is 1. The fraction of sp³-hybridized carbons (Fsp3) is 0.455. The lowest BCUT2D eigenvalue weighted by Crippen LogP contribution is -2.39. The van der Waals surface area contributed by atoms with Gasteiger partial charge in [0.15, 0.2) is 8.32 Å². The minimum Gasteiger partial charge on any atom is -0.487 e. The highest BCUT2D eigenvalue weighted by Gasteiger charge is 2.39. The third kappa shape index (κ3) is 6.89. The molecule has 30 heavy (non-hydrogen) atoms. The second-order valence-corrected chi connectivity index (χ2v) is 15.4. The van der Waals surface area contributed by atoms with Crippen LogP contribution in [0.3, 0.4) is 0 Å². The fourth-order valence-electron chi connectivity index (χ4n) is 3.31. The molecule has 0 aliphatic rings. The van der Waals surface area contributed by atoms with E-state index in [4.69, 9.17) is 4.74 Å². The monoisotopic (exact) mass is 447 g/mol. The molecule has 0 aromatic heterocycles. The Bertz CT molecular complexity index is 943. The Morgan fingerprint density at radius 3 is 2.33 bits per heavy atom. The van der Waals surface area contributed by atoms with E-state index < -0.39 is 18.3 Å². The van der Waals surface area contributed by atoms with Crippen molar-refractivity contribution in [3.63, 3.8) is 0 Å². The Morgan fingerprint density at radius 1 is 1.17 bits per heavy atom. The Kier molecular flexibility index (Phi) is 7.82. The van der Waals surface area contributed by atoms with Crippen LogP contribution in [0, 0.1) is 0 Å². The normalized spacial score (nSPS) is 13.7. The minimum atomic E-state index is -3.45. The Balaban J connectivity index is 2.33. The summed E-state index contributed by atoms with van der Waals surface area (Å²) in [7, 11) is -3.68. The zero-order chi connectivity index (χ0) is 22.6. The molecular formula is C22H34BNO4SSi. The summed E-state index contributed by atoms with van der Waals surface area (Å²) in [5, 5.41) is -0.166. The van der Waals surface area contributed by atoms with E-state index in [9.17, 15) is 13.2 Å². The van der Waals surface area contributed by atoms with Gasteiger partial charge in [-0.15, -0.1) is 0 Å². The van der Waals surface area contributed by atoms with Crippen molar-refractivity contribution in [2.24, 2.45) is 0 Å². The number of benzene rings is 2. The highest BCUT2D eigenvalue weighted by atomic mass is 32.2. The first-order chi connectivity index (χ1) is 13.8. The predicted molar refractivity (Wildman–Crippen MR) is 130 cm³/mol. The average molecular weight is 447 g/mol. The quantitative estimate of drug-likeness (QED) is 0.537. The molecule has 8 heteroatoms. The SMILES string of the molecule is BC[C@H](CC(C)(C)[Si](C)(C)O)c1ccc(OCc2ccccc2)c(NS(C)(=O)=O)c1. The van der Waals surface area contributed by atoms with Gasteiger partial charge in [-0.3, -0.25) is 4.72 Å². The first kappa shape index (κ1) is 24.5. The van der Waals surface area contributed by atoms with Gasteiger partial charge in [0.05, 0.1) is 11.9 Å². The molecule has 1 atom stereocenters. The van der Waals surface area contributed by atoms with E-state index in [0.717, 1.165) is 30.1 Å². The molecule has 2 aromatic carbocycles. The molecule has 0 unspecified atom stereocenters. The van der Waals surface area contributed by atoms with Crippen molar-refractivity contribution in [3.05, 3.63) is 59.7 Å². The molecule has 164 valence electrons. The van der Waals surface area contributed by atoms with Gasteiger partial charge < -0.3 is 9.53 Å². The minimum absolute atomic E-state index is 0.166. The van der Waals surface area contributed by atoms with Gasteiger partial charge in [-0.1, -0.05) is 56.6 Å². The fourth-order valence-corrected chi connectivity index (χ4v) is 4.61. The summed E-state index contributed by atoms with van der Waals surface area (Å²) in [4.78, 5) is 10.7. The summed E-state index contributed by atoms with van der Waals surface area (Å²) < 4.78 is 32.4. The topological polar surface area (TPSA) is 75.6 Å². The second-order valence-electron chi connectivity index (χ2n) is 9.16. The maximum absolute atomic E-state index is 11.9. The second kappa shape index (κ2) is 9.58. The Morgan fingerprint density at radius 2 is 1.80 bits per heavy atom. The maximum atomic E-state index is 11.9. The summed E-state index contributed by atoms with van der Waals surface area (Å²) in [5.41, 5.74) is 2.50. The summed E-state index contributed by atoms with van der Waals surface area (Å²) in [6.45, 7) is 8.53. The molecule has 0 aliphatic carbocycles. The zero-order valence-electron chi connectivity index (χ0n) is 18.9. The van der Waals surface area contributed by atoms with Crippen LogP contribution in [0.1, 0.15) is 37.3 Å². The molecule has 0 aliphatic heterocycles. The zero-order valence-corrected chi connectivity index (χ0v) is 20.7. The van der Waals surface area contributed by atoms with Crippen LogP contribution in [0.5, 0.6) is 5.75 Å². The third-order valence-corrected chi connectivity index (χ3v) is 10.0. The number of rotatable bonds is 10. The molecule has 2 rings (SSSR count). The largest absolute Gasteiger partial charge is 0.487 e. The molecule has 0 heterocycles. The number of hydrogen-bond donors (Lipinski definition) is 2. The summed E-state index contributed by atoms with van der Waals surface area (Å²) in [5.74, 6) is 0.709. The lowest BCUT2D eigenvalue weighted by Gasteiger charge is -2.38. The smallest absolute Gasteiger partial charge is 0.229 e. The van der Waals surface area contributed by atoms with E-state index in [-0.39, 0.29) is 11.0 Å². The van der Waals surface area contributed by atoms with Crippen molar-refractivity contribution in [2.75, 3.05) is 11.0 Å². The van der Waals surface area contributed by atoms with E-state index in [2.05, 4.69) is 26.4 Å². The van der Waals surface area contributed by atoms with Crippen molar-refractivity contribution in [2.45, 2.75) is 57.2 Å². The predicted octanol–water partition coefficient (Wildman–Crippen LogP) is 4.14. The highest BCUT2D eigenvalue weighted by molar-refractivity contribution is 7.92. The van der Waals surface area contributed by atoms with Crippen LogP contribution >= 0.6 is 0 Å². The molecule has 0 bridgehead atoms. The molecule has 0 amide bonds. The first-order valence-electron chi connectivity index (χ1n) is 10.3. The maximum Gasteiger partial charge on any atom is 0.229 e. The van der Waals surface area contributed by atoms with Crippen LogP contribution in [0.25, 0.3) is 0 Å². The molecule has 2 N–H and O–H groups in total. The number of nitrogens with one attached hydrogen (secondary N) is 1. The van der Waals surface area contributed by atoms with Crippen molar-refractivity contribution in [1.29, 1.82) is 0 Å². The lowest BCUT2D eigenvalue weighted by molar-refractivity contribution is 0.308. The third-order valence-electron chi connectivity index (χ3n) is 5.91. The summed E-state index contributed by atoms with van der Waals surface area (Å²) in [6.07, 6.45) is 2.87. The van der Waals surface area contributed by atoms with E-state index in [1.54, 1.807) is 0 Å². The van der Waals surface area contributed by atoms with Crippen LogP contribution in [-0.4, -0.2) is 35.6 Å². The van der Waals surface area contributed by atoms with Crippen LogP contribution in [0.4, 0.5) is 5.69 Å². The summed E-state index contributed by atoms with van der Waals surface area (Å²) in [6, 6.07) is 15.5. The number of hydrogen-bond acceptors (Lipinski definition) is 4. The van der Waals surface area contributed by atoms with Gasteiger partial charge in [0.2, 0.25) is 10.0 Å². The molecule has 0 radical (unpaired) electrons. The van der Waals surface area contributed by atoms with E-state index >= 15 is 0 Å². The van der Waals surface area contributed by atoms with E-state index in [1.807, 2.05) is 61.6 Å². The molecule has 2 aromatic rings. The molecule has 0 saturated heterocycles. The highest BCUT2D eigenvalue weighted by Crippen LogP contribution is 2.45. The van der Waals surface area contributed by atoms with Gasteiger partial charge in [0.25, 0.3) is 0 Å². The van der Waals surface area contributed by atoms with Gasteiger partial charge in [-0.25, -0.2) is 8.42 Å². The van der Waals surface area contributed by atoms with Crippen LogP contribution in [0.2, 0.25) is 24.5 Å². The van der Waals surface area contributed by atoms with Crippen LogP contribution < -0.4 is 9.46 Å². The average Bonchev–Trinajstić information content (AvgIpc) is 2.63. The van der Waals surface area contributed by atoms with Crippen molar-refractivity contribution >= 4 is 31.9 Å². The Labute approximate surface area is 183 Å². The number of anilines is 1. The molecule has 0 fully saturated rings. The molecule has 5 nitrogen and oxygen atoms in total. The standard InChI is InChI=1S/C22H34BNO4SSi/c1-22(2,30(4,5)27)14-19(15-23)18-11-12-21(20(13-18)24-29(3,25)26)28-16-17-9-7-6-8-10-17/h6-13,19,24,27H,14-16,23H2,1-5H3/t19-/m0/s1. The van der Waals surface area contributed by atoms with Gasteiger partial charge in [-0.2, -0.15) is 0 Å². The molecule has 0 saturated carbocycles. The van der Waals surface area contributed by atoms with E-state index in [0.29, 0.717) is 18.0 Å². The van der Waals surface area contributed by atoms with Gasteiger partial charge >= 0.3 is 0 Å². The van der Waals surface area contributed by atoms with Crippen LogP contribution in [-0.2, 0) is 16.6 Å².